The fraction of sp³-hybridized carbons (Fsp3) is 0.333. The van der Waals surface area contributed by atoms with Gasteiger partial charge in [0.1, 0.15) is 5.75 Å². The first-order valence-electron chi connectivity index (χ1n) is 5.11. The molecule has 0 heterocycles. The molecular weight excluding hydrogens is 231 g/mol. The maximum atomic E-state index is 11.9. The lowest BCUT2D eigenvalue weighted by Gasteiger charge is -2.11. The van der Waals surface area contributed by atoms with Gasteiger partial charge in [-0.25, -0.2) is 0 Å². The van der Waals surface area contributed by atoms with Crippen molar-refractivity contribution >= 4 is 0 Å². The van der Waals surface area contributed by atoms with E-state index < -0.39 is 6.36 Å². The Morgan fingerprint density at radius 2 is 1.94 bits per heavy atom. The van der Waals surface area contributed by atoms with Crippen molar-refractivity contribution < 1.29 is 17.9 Å². The lowest BCUT2D eigenvalue weighted by Crippen LogP contribution is -2.22. The maximum Gasteiger partial charge on any atom is 0.573 e. The number of alkyl halides is 3. The molecule has 0 aromatic heterocycles. The van der Waals surface area contributed by atoms with Gasteiger partial charge in [-0.05, 0) is 24.6 Å². The third kappa shape index (κ3) is 5.40. The summed E-state index contributed by atoms with van der Waals surface area (Å²) in [5.41, 5.74) is 0.883. The monoisotopic (exact) mass is 245 g/mol. The molecule has 2 nitrogen and oxygen atoms in total. The quantitative estimate of drug-likeness (QED) is 0.804. The third-order valence-electron chi connectivity index (χ3n) is 2.14. The summed E-state index contributed by atoms with van der Waals surface area (Å²) in [6, 6.07) is 5.92. The van der Waals surface area contributed by atoms with Crippen LogP contribution >= 0.6 is 0 Å². The Labute approximate surface area is 98.1 Å². The van der Waals surface area contributed by atoms with Gasteiger partial charge in [0.2, 0.25) is 0 Å². The van der Waals surface area contributed by atoms with Gasteiger partial charge in [0, 0.05) is 12.6 Å². The van der Waals surface area contributed by atoms with Crippen LogP contribution in [0.1, 0.15) is 12.5 Å². The van der Waals surface area contributed by atoms with Crippen LogP contribution in [0.4, 0.5) is 13.2 Å². The minimum Gasteiger partial charge on any atom is -0.406 e. The normalized spacial score (nSPS) is 13.2. The van der Waals surface area contributed by atoms with Gasteiger partial charge in [0.15, 0.2) is 0 Å². The molecule has 1 atom stereocenters. The predicted octanol–water partition coefficient (Wildman–Crippen LogP) is 3.25. The highest BCUT2D eigenvalue weighted by Gasteiger charge is 2.30. The van der Waals surface area contributed by atoms with Crippen molar-refractivity contribution in [2.45, 2.75) is 25.9 Å². The number of hydrogen-bond donors (Lipinski definition) is 1. The van der Waals surface area contributed by atoms with E-state index in [4.69, 9.17) is 0 Å². The van der Waals surface area contributed by atoms with Gasteiger partial charge in [0.25, 0.3) is 0 Å². The molecule has 0 radical (unpaired) electrons. The van der Waals surface area contributed by atoms with Crippen LogP contribution in [0.15, 0.2) is 36.9 Å². The average Bonchev–Trinajstić information content (AvgIpc) is 2.25. The second-order valence-electron chi connectivity index (χ2n) is 3.60. The van der Waals surface area contributed by atoms with E-state index in [1.54, 1.807) is 18.2 Å². The zero-order chi connectivity index (χ0) is 12.9. The van der Waals surface area contributed by atoms with E-state index in [1.165, 1.54) is 12.1 Å². The summed E-state index contributed by atoms with van der Waals surface area (Å²) in [5, 5.41) is 3.14. The van der Waals surface area contributed by atoms with Crippen LogP contribution in [0, 0.1) is 0 Å². The summed E-state index contributed by atoms with van der Waals surface area (Å²) in [7, 11) is 0. The molecule has 0 bridgehead atoms. The highest BCUT2D eigenvalue weighted by atomic mass is 19.4. The standard InChI is InChI=1S/C12H14F3NO/c1-3-9(2)16-8-10-4-6-11(7-5-10)17-12(13,14)15/h3-7,9,16H,1,8H2,2H3. The van der Waals surface area contributed by atoms with Crippen molar-refractivity contribution in [1.29, 1.82) is 0 Å². The summed E-state index contributed by atoms with van der Waals surface area (Å²) in [6.45, 7) is 6.13. The topological polar surface area (TPSA) is 21.3 Å². The minimum atomic E-state index is -4.64. The maximum absolute atomic E-state index is 11.9. The van der Waals surface area contributed by atoms with E-state index in [2.05, 4.69) is 16.6 Å². The average molecular weight is 245 g/mol. The van der Waals surface area contributed by atoms with E-state index in [9.17, 15) is 13.2 Å². The fourth-order valence-corrected chi connectivity index (χ4v) is 1.17. The second kappa shape index (κ2) is 5.72. The fourth-order valence-electron chi connectivity index (χ4n) is 1.17. The first-order valence-corrected chi connectivity index (χ1v) is 5.11. The molecule has 1 unspecified atom stereocenters. The molecule has 1 aromatic carbocycles. The Morgan fingerprint density at radius 3 is 2.41 bits per heavy atom. The Hall–Kier alpha value is -1.49. The molecule has 5 heteroatoms. The third-order valence-corrected chi connectivity index (χ3v) is 2.14. The first kappa shape index (κ1) is 13.6. The van der Waals surface area contributed by atoms with Crippen molar-refractivity contribution in [1.82, 2.24) is 5.32 Å². The van der Waals surface area contributed by atoms with Crippen molar-refractivity contribution in [2.24, 2.45) is 0 Å². The second-order valence-corrected chi connectivity index (χ2v) is 3.60. The summed E-state index contributed by atoms with van der Waals surface area (Å²) < 4.78 is 39.5. The van der Waals surface area contributed by atoms with Gasteiger partial charge >= 0.3 is 6.36 Å². The van der Waals surface area contributed by atoms with Gasteiger partial charge in [-0.15, -0.1) is 19.8 Å². The van der Waals surface area contributed by atoms with E-state index in [0.717, 1.165) is 5.56 Å². The number of halogens is 3. The van der Waals surface area contributed by atoms with Crippen LogP contribution in [0.3, 0.4) is 0 Å². The molecule has 1 aromatic rings. The minimum absolute atomic E-state index is 0.154. The molecule has 94 valence electrons. The molecule has 0 saturated carbocycles. The van der Waals surface area contributed by atoms with Crippen molar-refractivity contribution in [3.63, 3.8) is 0 Å². The smallest absolute Gasteiger partial charge is 0.406 e. The van der Waals surface area contributed by atoms with E-state index >= 15 is 0 Å². The number of benzene rings is 1. The van der Waals surface area contributed by atoms with E-state index in [-0.39, 0.29) is 11.8 Å². The number of rotatable bonds is 5. The van der Waals surface area contributed by atoms with Crippen LogP contribution in [0.5, 0.6) is 5.75 Å². The number of ether oxygens (including phenoxy) is 1. The Morgan fingerprint density at radius 1 is 1.35 bits per heavy atom. The molecule has 0 fully saturated rings. The highest BCUT2D eigenvalue weighted by Crippen LogP contribution is 2.22. The first-order chi connectivity index (χ1) is 7.90. The molecule has 1 N–H and O–H groups in total. The SMILES string of the molecule is C=CC(C)NCc1ccc(OC(F)(F)F)cc1. The van der Waals surface area contributed by atoms with Gasteiger partial charge < -0.3 is 10.1 Å². The Bertz CT molecular complexity index is 359. The molecule has 0 aliphatic heterocycles. The summed E-state index contributed by atoms with van der Waals surface area (Å²) in [5.74, 6) is -0.210. The summed E-state index contributed by atoms with van der Waals surface area (Å²) in [4.78, 5) is 0. The number of hydrogen-bond acceptors (Lipinski definition) is 2. The van der Waals surface area contributed by atoms with Crippen molar-refractivity contribution in [2.75, 3.05) is 0 Å². The predicted molar refractivity (Wildman–Crippen MR) is 59.6 cm³/mol. The molecule has 17 heavy (non-hydrogen) atoms. The molecule has 0 saturated heterocycles. The molecular formula is C12H14F3NO. The van der Waals surface area contributed by atoms with Gasteiger partial charge in [-0.2, -0.15) is 0 Å². The van der Waals surface area contributed by atoms with Crippen LogP contribution in [-0.4, -0.2) is 12.4 Å². The van der Waals surface area contributed by atoms with Crippen LogP contribution in [-0.2, 0) is 6.54 Å². The van der Waals surface area contributed by atoms with Crippen molar-refractivity contribution in [3.05, 3.63) is 42.5 Å². The largest absolute Gasteiger partial charge is 0.573 e. The van der Waals surface area contributed by atoms with Gasteiger partial charge in [-0.1, -0.05) is 18.2 Å². The van der Waals surface area contributed by atoms with Gasteiger partial charge in [0.05, 0.1) is 0 Å². The molecule has 0 aliphatic rings. The van der Waals surface area contributed by atoms with E-state index in [1.807, 2.05) is 6.92 Å². The Kier molecular flexibility index (Phi) is 4.57. The molecule has 0 spiro atoms. The van der Waals surface area contributed by atoms with Crippen LogP contribution in [0.2, 0.25) is 0 Å². The number of nitrogens with one attached hydrogen (secondary N) is 1. The lowest BCUT2D eigenvalue weighted by atomic mass is 10.2. The van der Waals surface area contributed by atoms with Crippen LogP contribution in [0.25, 0.3) is 0 Å². The molecule has 0 amide bonds. The lowest BCUT2D eigenvalue weighted by molar-refractivity contribution is -0.274. The zero-order valence-corrected chi connectivity index (χ0v) is 9.42. The van der Waals surface area contributed by atoms with Crippen LogP contribution < -0.4 is 10.1 Å². The van der Waals surface area contributed by atoms with Crippen molar-refractivity contribution in [3.8, 4) is 5.75 Å². The summed E-state index contributed by atoms with van der Waals surface area (Å²) in [6.07, 6.45) is -2.89. The van der Waals surface area contributed by atoms with Gasteiger partial charge in [-0.3, -0.25) is 0 Å². The molecule has 1 rings (SSSR count). The Balaban J connectivity index is 2.53. The van der Waals surface area contributed by atoms with E-state index in [0.29, 0.717) is 6.54 Å². The highest BCUT2D eigenvalue weighted by molar-refractivity contribution is 5.27. The summed E-state index contributed by atoms with van der Waals surface area (Å²) >= 11 is 0. The zero-order valence-electron chi connectivity index (χ0n) is 9.42. The molecule has 0 aliphatic carbocycles.